The molecule has 0 saturated heterocycles. The summed E-state index contributed by atoms with van der Waals surface area (Å²) in [6.45, 7) is 3.38. The third kappa shape index (κ3) is 3.15. The van der Waals surface area contributed by atoms with E-state index in [2.05, 4.69) is 15.3 Å². The first-order valence-corrected chi connectivity index (χ1v) is 4.94. The molecule has 1 aromatic heterocycles. The molecule has 1 heterocycles. The fourth-order valence-electron chi connectivity index (χ4n) is 1.13. The van der Waals surface area contributed by atoms with E-state index in [1.807, 2.05) is 0 Å². The number of rotatable bonds is 2. The summed E-state index contributed by atoms with van der Waals surface area (Å²) in [4.78, 5) is 17.9. The van der Waals surface area contributed by atoms with E-state index in [1.54, 1.807) is 13.8 Å². The van der Waals surface area contributed by atoms with E-state index >= 15 is 0 Å². The number of halogens is 3. The van der Waals surface area contributed by atoms with Crippen LogP contribution in [0.1, 0.15) is 41.8 Å². The molecule has 0 aliphatic carbocycles. The van der Waals surface area contributed by atoms with Gasteiger partial charge in [-0.2, -0.15) is 13.2 Å². The average Bonchev–Trinajstić information content (AvgIpc) is 2.26. The van der Waals surface area contributed by atoms with Crippen molar-refractivity contribution in [2.45, 2.75) is 25.9 Å². The molecule has 1 N–H and O–H groups in total. The van der Waals surface area contributed by atoms with Gasteiger partial charge in [0.25, 0.3) is 5.91 Å². The Morgan fingerprint density at radius 3 is 2.35 bits per heavy atom. The van der Waals surface area contributed by atoms with E-state index < -0.39 is 17.9 Å². The van der Waals surface area contributed by atoms with Gasteiger partial charge in [-0.3, -0.25) is 4.79 Å². The summed E-state index contributed by atoms with van der Waals surface area (Å²) < 4.78 is 37.6. The first-order valence-electron chi connectivity index (χ1n) is 4.94. The van der Waals surface area contributed by atoms with Gasteiger partial charge in [-0.15, -0.1) is 0 Å². The number of carbonyl (C=O) groups excluding carboxylic acids is 1. The molecule has 0 fully saturated rings. The number of nitrogens with zero attached hydrogens (tertiary/aromatic N) is 2. The highest BCUT2D eigenvalue weighted by molar-refractivity contribution is 5.92. The Morgan fingerprint density at radius 1 is 1.35 bits per heavy atom. The van der Waals surface area contributed by atoms with Crippen molar-refractivity contribution in [2.75, 3.05) is 7.05 Å². The SMILES string of the molecule is CNC(=O)c1cc(C(C)C)nc(C(F)(F)F)n1. The average molecular weight is 247 g/mol. The zero-order chi connectivity index (χ0) is 13.2. The normalized spacial score (nSPS) is 11.7. The Bertz CT molecular complexity index is 429. The molecule has 94 valence electrons. The molecule has 0 aliphatic rings. The minimum atomic E-state index is -4.66. The second-order valence-corrected chi connectivity index (χ2v) is 3.73. The van der Waals surface area contributed by atoms with Crippen LogP contribution >= 0.6 is 0 Å². The van der Waals surface area contributed by atoms with Gasteiger partial charge in [0.15, 0.2) is 0 Å². The van der Waals surface area contributed by atoms with Crippen molar-refractivity contribution in [2.24, 2.45) is 0 Å². The number of amides is 1. The van der Waals surface area contributed by atoms with Crippen LogP contribution in [0.25, 0.3) is 0 Å². The first kappa shape index (κ1) is 13.4. The molecule has 7 heteroatoms. The summed E-state index contributed by atoms with van der Waals surface area (Å²) in [6.07, 6.45) is -4.66. The number of aromatic nitrogens is 2. The summed E-state index contributed by atoms with van der Waals surface area (Å²) in [5.74, 6) is -2.18. The number of hydrogen-bond acceptors (Lipinski definition) is 3. The number of carbonyl (C=O) groups is 1. The lowest BCUT2D eigenvalue weighted by molar-refractivity contribution is -0.145. The van der Waals surface area contributed by atoms with Crippen LogP contribution in [0.3, 0.4) is 0 Å². The van der Waals surface area contributed by atoms with Gasteiger partial charge in [-0.25, -0.2) is 9.97 Å². The Morgan fingerprint density at radius 2 is 1.94 bits per heavy atom. The molecule has 0 aliphatic heterocycles. The Balaban J connectivity index is 3.34. The van der Waals surface area contributed by atoms with Crippen molar-refractivity contribution in [1.29, 1.82) is 0 Å². The van der Waals surface area contributed by atoms with Crippen molar-refractivity contribution in [3.63, 3.8) is 0 Å². The van der Waals surface area contributed by atoms with Crippen LogP contribution in [0, 0.1) is 0 Å². The molecule has 1 amide bonds. The molecular formula is C10H12F3N3O. The first-order chi connectivity index (χ1) is 7.75. The third-order valence-electron chi connectivity index (χ3n) is 2.05. The minimum absolute atomic E-state index is 0.186. The maximum absolute atomic E-state index is 12.5. The van der Waals surface area contributed by atoms with Gasteiger partial charge in [0.2, 0.25) is 5.82 Å². The summed E-state index contributed by atoms with van der Waals surface area (Å²) >= 11 is 0. The van der Waals surface area contributed by atoms with Gasteiger partial charge in [0.05, 0.1) is 0 Å². The van der Waals surface area contributed by atoms with Gasteiger partial charge < -0.3 is 5.32 Å². The van der Waals surface area contributed by atoms with Crippen molar-refractivity contribution >= 4 is 5.91 Å². The molecule has 0 bridgehead atoms. The molecule has 0 atom stereocenters. The van der Waals surface area contributed by atoms with E-state index in [9.17, 15) is 18.0 Å². The van der Waals surface area contributed by atoms with E-state index in [0.29, 0.717) is 0 Å². The third-order valence-corrected chi connectivity index (χ3v) is 2.05. The smallest absolute Gasteiger partial charge is 0.354 e. The van der Waals surface area contributed by atoms with Crippen LogP contribution in [0.5, 0.6) is 0 Å². The molecular weight excluding hydrogens is 235 g/mol. The van der Waals surface area contributed by atoms with Crippen molar-refractivity contribution in [3.05, 3.63) is 23.3 Å². The summed E-state index contributed by atoms with van der Waals surface area (Å²) in [5.41, 5.74) is -0.0931. The maximum atomic E-state index is 12.5. The number of alkyl halides is 3. The molecule has 1 rings (SSSR count). The topological polar surface area (TPSA) is 54.9 Å². The maximum Gasteiger partial charge on any atom is 0.451 e. The molecule has 17 heavy (non-hydrogen) atoms. The molecule has 4 nitrogen and oxygen atoms in total. The van der Waals surface area contributed by atoms with Crippen LogP contribution in [-0.4, -0.2) is 22.9 Å². The standard InChI is InChI=1S/C10H12F3N3O/c1-5(2)6-4-7(8(17)14-3)16-9(15-6)10(11,12)13/h4-5H,1-3H3,(H,14,17). The fourth-order valence-corrected chi connectivity index (χ4v) is 1.13. The summed E-state index contributed by atoms with van der Waals surface area (Å²) in [5, 5.41) is 2.23. The molecule has 0 aromatic carbocycles. The predicted octanol–water partition coefficient (Wildman–Crippen LogP) is 1.98. The van der Waals surface area contributed by atoms with Gasteiger partial charge in [-0.05, 0) is 12.0 Å². The Hall–Kier alpha value is -1.66. The highest BCUT2D eigenvalue weighted by atomic mass is 19.4. The fraction of sp³-hybridized carbons (Fsp3) is 0.500. The second kappa shape index (κ2) is 4.68. The largest absolute Gasteiger partial charge is 0.451 e. The van der Waals surface area contributed by atoms with Gasteiger partial charge in [0.1, 0.15) is 5.69 Å². The van der Waals surface area contributed by atoms with Gasteiger partial charge in [0, 0.05) is 12.7 Å². The number of hydrogen-bond donors (Lipinski definition) is 1. The Labute approximate surface area is 96.3 Å². The van der Waals surface area contributed by atoms with E-state index in [0.717, 1.165) is 0 Å². The van der Waals surface area contributed by atoms with E-state index in [1.165, 1.54) is 13.1 Å². The van der Waals surface area contributed by atoms with Gasteiger partial charge in [-0.1, -0.05) is 13.8 Å². The lowest BCUT2D eigenvalue weighted by Crippen LogP contribution is -2.23. The van der Waals surface area contributed by atoms with Crippen LogP contribution in [0.2, 0.25) is 0 Å². The highest BCUT2D eigenvalue weighted by Crippen LogP contribution is 2.27. The minimum Gasteiger partial charge on any atom is -0.354 e. The van der Waals surface area contributed by atoms with Crippen LogP contribution < -0.4 is 5.32 Å². The molecule has 0 spiro atoms. The number of nitrogens with one attached hydrogen (secondary N) is 1. The molecule has 0 unspecified atom stereocenters. The lowest BCUT2D eigenvalue weighted by Gasteiger charge is -2.11. The van der Waals surface area contributed by atoms with Crippen molar-refractivity contribution in [1.82, 2.24) is 15.3 Å². The highest BCUT2D eigenvalue weighted by Gasteiger charge is 2.36. The quantitative estimate of drug-likeness (QED) is 0.869. The molecule has 1 aromatic rings. The Kier molecular flexibility index (Phi) is 3.69. The lowest BCUT2D eigenvalue weighted by atomic mass is 10.1. The molecule has 0 radical (unpaired) electrons. The van der Waals surface area contributed by atoms with Crippen LogP contribution in [-0.2, 0) is 6.18 Å². The summed E-state index contributed by atoms with van der Waals surface area (Å²) in [6, 6.07) is 1.26. The zero-order valence-corrected chi connectivity index (χ0v) is 9.59. The zero-order valence-electron chi connectivity index (χ0n) is 9.59. The van der Waals surface area contributed by atoms with Crippen LogP contribution in [0.15, 0.2) is 6.07 Å². The summed E-state index contributed by atoms with van der Waals surface area (Å²) in [7, 11) is 1.33. The molecule has 0 saturated carbocycles. The van der Waals surface area contributed by atoms with Crippen LogP contribution in [0.4, 0.5) is 13.2 Å². The second-order valence-electron chi connectivity index (χ2n) is 3.73. The van der Waals surface area contributed by atoms with Crippen molar-refractivity contribution in [3.8, 4) is 0 Å². The van der Waals surface area contributed by atoms with Gasteiger partial charge >= 0.3 is 6.18 Å². The van der Waals surface area contributed by atoms with E-state index in [4.69, 9.17) is 0 Å². The van der Waals surface area contributed by atoms with E-state index in [-0.39, 0.29) is 17.3 Å². The monoisotopic (exact) mass is 247 g/mol. The predicted molar refractivity (Wildman–Crippen MR) is 54.5 cm³/mol. The van der Waals surface area contributed by atoms with Crippen molar-refractivity contribution < 1.29 is 18.0 Å².